The molecular formula is C18H24N2O3. The Morgan fingerprint density at radius 3 is 2.83 bits per heavy atom. The van der Waals surface area contributed by atoms with Gasteiger partial charge in [-0.3, -0.25) is 4.98 Å². The molecule has 0 spiro atoms. The van der Waals surface area contributed by atoms with E-state index in [2.05, 4.69) is 17.2 Å². The molecule has 23 heavy (non-hydrogen) atoms. The molecule has 5 heteroatoms. The molecule has 2 aromatic rings. The van der Waals surface area contributed by atoms with Crippen LogP contribution in [0, 0.1) is 0 Å². The van der Waals surface area contributed by atoms with Crippen LogP contribution < -0.4 is 14.8 Å². The second-order valence-corrected chi connectivity index (χ2v) is 5.23. The number of hydrogen-bond acceptors (Lipinski definition) is 5. The summed E-state index contributed by atoms with van der Waals surface area (Å²) in [4.78, 5) is 4.08. The van der Waals surface area contributed by atoms with Crippen LogP contribution in [0.3, 0.4) is 0 Å². The molecule has 1 aromatic heterocycles. The molecular weight excluding hydrogens is 292 g/mol. The molecule has 0 amide bonds. The number of hydrogen-bond donors (Lipinski definition) is 2. The third kappa shape index (κ3) is 4.86. The van der Waals surface area contributed by atoms with E-state index in [-0.39, 0.29) is 6.61 Å². The smallest absolute Gasteiger partial charge is 0.161 e. The first-order valence-corrected chi connectivity index (χ1v) is 7.85. The number of unbranched alkanes of at least 4 members (excludes halogenated alkanes) is 1. The van der Waals surface area contributed by atoms with Crippen LogP contribution in [0.2, 0.25) is 0 Å². The average Bonchev–Trinajstić information content (AvgIpc) is 2.61. The van der Waals surface area contributed by atoms with Gasteiger partial charge in [0.25, 0.3) is 0 Å². The zero-order chi connectivity index (χ0) is 16.5. The molecule has 0 aliphatic carbocycles. The largest absolute Gasteiger partial charge is 0.493 e. The molecule has 124 valence electrons. The van der Waals surface area contributed by atoms with Gasteiger partial charge >= 0.3 is 0 Å². The highest BCUT2D eigenvalue weighted by Crippen LogP contribution is 2.28. The van der Waals surface area contributed by atoms with Gasteiger partial charge in [0.1, 0.15) is 0 Å². The minimum absolute atomic E-state index is 0.0155. The first-order valence-electron chi connectivity index (χ1n) is 7.85. The first-order chi connectivity index (χ1) is 11.3. The van der Waals surface area contributed by atoms with Gasteiger partial charge in [-0.25, -0.2) is 0 Å². The molecule has 0 bridgehead atoms. The fourth-order valence-corrected chi connectivity index (χ4v) is 2.19. The van der Waals surface area contributed by atoms with Crippen LogP contribution in [-0.2, 0) is 13.2 Å². The average molecular weight is 316 g/mol. The van der Waals surface area contributed by atoms with Crippen molar-refractivity contribution in [3.05, 3.63) is 47.8 Å². The minimum atomic E-state index is -0.0155. The van der Waals surface area contributed by atoms with Crippen LogP contribution in [0.4, 0.5) is 5.69 Å². The summed E-state index contributed by atoms with van der Waals surface area (Å²) in [6.07, 6.45) is 5.51. The second-order valence-electron chi connectivity index (χ2n) is 5.23. The number of anilines is 1. The molecule has 0 fully saturated rings. The number of pyridine rings is 1. The Balaban J connectivity index is 2.03. The van der Waals surface area contributed by atoms with Gasteiger partial charge in [-0.2, -0.15) is 0 Å². The molecule has 1 heterocycles. The van der Waals surface area contributed by atoms with Crippen molar-refractivity contribution in [2.24, 2.45) is 0 Å². The number of methoxy groups -OCH3 is 1. The molecule has 0 aliphatic heterocycles. The van der Waals surface area contributed by atoms with E-state index in [9.17, 15) is 5.11 Å². The molecule has 2 N–H and O–H groups in total. The normalized spacial score (nSPS) is 10.4. The predicted molar refractivity (Wildman–Crippen MR) is 90.9 cm³/mol. The van der Waals surface area contributed by atoms with Gasteiger partial charge in [-0.15, -0.1) is 0 Å². The van der Waals surface area contributed by atoms with E-state index in [1.165, 1.54) is 0 Å². The van der Waals surface area contributed by atoms with Gasteiger partial charge in [0.2, 0.25) is 0 Å². The Bertz CT molecular complexity index is 617. The van der Waals surface area contributed by atoms with Crippen LogP contribution in [0.1, 0.15) is 30.9 Å². The van der Waals surface area contributed by atoms with Crippen LogP contribution in [0.15, 0.2) is 36.7 Å². The van der Waals surface area contributed by atoms with Gasteiger partial charge in [0.05, 0.1) is 32.2 Å². The Morgan fingerprint density at radius 1 is 1.22 bits per heavy atom. The van der Waals surface area contributed by atoms with Crippen molar-refractivity contribution in [2.45, 2.75) is 32.9 Å². The maximum atomic E-state index is 9.33. The van der Waals surface area contributed by atoms with Gasteiger partial charge in [-0.05, 0) is 30.2 Å². The van der Waals surface area contributed by atoms with Gasteiger partial charge in [-0.1, -0.05) is 19.4 Å². The monoisotopic (exact) mass is 316 g/mol. The van der Waals surface area contributed by atoms with E-state index in [4.69, 9.17) is 9.47 Å². The van der Waals surface area contributed by atoms with E-state index >= 15 is 0 Å². The lowest BCUT2D eigenvalue weighted by Gasteiger charge is -2.13. The summed E-state index contributed by atoms with van der Waals surface area (Å²) in [5.74, 6) is 1.50. The highest BCUT2D eigenvalue weighted by Gasteiger charge is 2.07. The summed E-state index contributed by atoms with van der Waals surface area (Å²) >= 11 is 0. The molecule has 0 aliphatic rings. The SMILES string of the molecule is CCCCOc1ccc(CNc2cnccc2CO)cc1OC. The topological polar surface area (TPSA) is 63.6 Å². The number of ether oxygens (including phenoxy) is 2. The molecule has 0 radical (unpaired) electrons. The Kier molecular flexibility index (Phi) is 6.69. The number of rotatable bonds is 9. The standard InChI is InChI=1S/C18H24N2O3/c1-3-4-9-23-17-6-5-14(10-18(17)22-2)11-20-16-12-19-8-7-15(16)13-21/h5-8,10,12,20-21H,3-4,9,11,13H2,1-2H3. The van der Waals surface area contributed by atoms with E-state index in [0.29, 0.717) is 13.2 Å². The summed E-state index contributed by atoms with van der Waals surface area (Å²) < 4.78 is 11.1. The van der Waals surface area contributed by atoms with Crippen molar-refractivity contribution in [1.29, 1.82) is 0 Å². The molecule has 0 saturated carbocycles. The van der Waals surface area contributed by atoms with E-state index in [1.54, 1.807) is 25.6 Å². The lowest BCUT2D eigenvalue weighted by atomic mass is 10.2. The zero-order valence-corrected chi connectivity index (χ0v) is 13.7. The Morgan fingerprint density at radius 2 is 2.09 bits per heavy atom. The Labute approximate surface area is 137 Å². The van der Waals surface area contributed by atoms with Crippen LogP contribution in [-0.4, -0.2) is 23.8 Å². The summed E-state index contributed by atoms with van der Waals surface area (Å²) in [5, 5.41) is 12.6. The third-order valence-electron chi connectivity index (χ3n) is 3.55. The number of nitrogens with one attached hydrogen (secondary N) is 1. The molecule has 2 rings (SSSR count). The number of aliphatic hydroxyl groups is 1. The predicted octanol–water partition coefficient (Wildman–Crippen LogP) is 3.37. The minimum Gasteiger partial charge on any atom is -0.493 e. The summed E-state index contributed by atoms with van der Waals surface area (Å²) in [6, 6.07) is 7.70. The van der Waals surface area contributed by atoms with Crippen molar-refractivity contribution in [2.75, 3.05) is 19.0 Å². The van der Waals surface area contributed by atoms with Crippen LogP contribution >= 0.6 is 0 Å². The fraction of sp³-hybridized carbons (Fsp3) is 0.389. The summed E-state index contributed by atoms with van der Waals surface area (Å²) in [7, 11) is 1.64. The van der Waals surface area contributed by atoms with Gasteiger partial charge in [0, 0.05) is 18.3 Å². The van der Waals surface area contributed by atoms with Crippen molar-refractivity contribution in [3.63, 3.8) is 0 Å². The number of nitrogens with zero attached hydrogens (tertiary/aromatic N) is 1. The van der Waals surface area contributed by atoms with Gasteiger partial charge in [0.15, 0.2) is 11.5 Å². The quantitative estimate of drug-likeness (QED) is 0.694. The zero-order valence-electron chi connectivity index (χ0n) is 13.7. The third-order valence-corrected chi connectivity index (χ3v) is 3.55. The van der Waals surface area contributed by atoms with Crippen molar-refractivity contribution in [1.82, 2.24) is 4.98 Å². The first kappa shape index (κ1) is 17.1. The maximum absolute atomic E-state index is 9.33. The molecule has 0 saturated heterocycles. The molecule has 0 atom stereocenters. The highest BCUT2D eigenvalue weighted by atomic mass is 16.5. The highest BCUT2D eigenvalue weighted by molar-refractivity contribution is 5.50. The van der Waals surface area contributed by atoms with Crippen molar-refractivity contribution in [3.8, 4) is 11.5 Å². The van der Waals surface area contributed by atoms with Gasteiger partial charge < -0.3 is 19.9 Å². The van der Waals surface area contributed by atoms with Crippen LogP contribution in [0.25, 0.3) is 0 Å². The lowest BCUT2D eigenvalue weighted by molar-refractivity contribution is 0.282. The molecule has 0 unspecified atom stereocenters. The Hall–Kier alpha value is -2.27. The molecule has 5 nitrogen and oxygen atoms in total. The van der Waals surface area contributed by atoms with Crippen LogP contribution in [0.5, 0.6) is 11.5 Å². The maximum Gasteiger partial charge on any atom is 0.161 e. The second kappa shape index (κ2) is 9.00. The summed E-state index contributed by atoms with van der Waals surface area (Å²) in [6.45, 7) is 3.43. The van der Waals surface area contributed by atoms with Crippen molar-refractivity contribution >= 4 is 5.69 Å². The molecule has 1 aromatic carbocycles. The number of aliphatic hydroxyl groups excluding tert-OH is 1. The summed E-state index contributed by atoms with van der Waals surface area (Å²) in [5.41, 5.74) is 2.72. The number of aromatic nitrogens is 1. The lowest BCUT2D eigenvalue weighted by Crippen LogP contribution is -2.04. The van der Waals surface area contributed by atoms with E-state index < -0.39 is 0 Å². The van der Waals surface area contributed by atoms with E-state index in [0.717, 1.165) is 41.2 Å². The fourth-order valence-electron chi connectivity index (χ4n) is 2.19. The number of benzene rings is 1. The van der Waals surface area contributed by atoms with E-state index in [1.807, 2.05) is 18.2 Å². The van der Waals surface area contributed by atoms with Crippen molar-refractivity contribution < 1.29 is 14.6 Å².